The van der Waals surface area contributed by atoms with E-state index in [1.165, 1.54) is 44.9 Å². The van der Waals surface area contributed by atoms with Crippen LogP contribution in [0.2, 0.25) is 0 Å². The van der Waals surface area contributed by atoms with E-state index in [9.17, 15) is 0 Å². The van der Waals surface area contributed by atoms with Gasteiger partial charge in [-0.1, -0.05) is 38.3 Å². The number of likely N-dealkylation sites (tertiary alicyclic amines) is 1. The second-order valence-corrected chi connectivity index (χ2v) is 7.29. The molecule has 5 heteroatoms. The van der Waals surface area contributed by atoms with E-state index in [4.69, 9.17) is 4.98 Å². The van der Waals surface area contributed by atoms with E-state index in [0.29, 0.717) is 6.04 Å². The summed E-state index contributed by atoms with van der Waals surface area (Å²) in [6.45, 7) is 7.76. The Bertz CT molecular complexity index is 537. The smallest absolute Gasteiger partial charge is 0.224 e. The summed E-state index contributed by atoms with van der Waals surface area (Å²) >= 11 is 0. The van der Waals surface area contributed by atoms with Gasteiger partial charge in [0.1, 0.15) is 5.82 Å². The number of rotatable bonds is 7. The lowest BCUT2D eigenvalue weighted by Crippen LogP contribution is -2.28. The monoisotopic (exact) mass is 343 g/mol. The topological polar surface area (TPSA) is 44.3 Å². The van der Waals surface area contributed by atoms with Gasteiger partial charge in [-0.25, -0.2) is 4.98 Å². The summed E-state index contributed by atoms with van der Waals surface area (Å²) < 4.78 is 0. The number of nitrogens with zero attached hydrogens (tertiary/aromatic N) is 4. The van der Waals surface area contributed by atoms with Crippen LogP contribution >= 0.6 is 0 Å². The molecular weight excluding hydrogens is 310 g/mol. The van der Waals surface area contributed by atoms with E-state index in [2.05, 4.69) is 45.2 Å². The van der Waals surface area contributed by atoms with E-state index >= 15 is 0 Å². The van der Waals surface area contributed by atoms with Crippen molar-refractivity contribution in [3.8, 4) is 0 Å². The molecule has 1 unspecified atom stereocenters. The van der Waals surface area contributed by atoms with Crippen LogP contribution in [0.15, 0.2) is 24.4 Å². The Morgan fingerprint density at radius 2 is 2.00 bits per heavy atom. The van der Waals surface area contributed by atoms with Gasteiger partial charge in [-0.3, -0.25) is 4.90 Å². The molecule has 0 spiro atoms. The van der Waals surface area contributed by atoms with Crippen LogP contribution in [0, 0.1) is 0 Å². The molecule has 0 saturated carbocycles. The van der Waals surface area contributed by atoms with E-state index in [1.54, 1.807) is 0 Å². The first-order chi connectivity index (χ1) is 12.3. The predicted molar refractivity (Wildman–Crippen MR) is 105 cm³/mol. The van der Waals surface area contributed by atoms with Crippen molar-refractivity contribution in [2.45, 2.75) is 57.9 Å². The van der Waals surface area contributed by atoms with Gasteiger partial charge in [0, 0.05) is 45.0 Å². The summed E-state index contributed by atoms with van der Waals surface area (Å²) in [5.74, 6) is 1.87. The fraction of sp³-hybridized carbons (Fsp3) is 0.700. The molecule has 5 nitrogen and oxygen atoms in total. The van der Waals surface area contributed by atoms with Crippen LogP contribution in [-0.4, -0.2) is 53.6 Å². The van der Waals surface area contributed by atoms with Crippen molar-refractivity contribution in [2.75, 3.05) is 42.9 Å². The third-order valence-electron chi connectivity index (χ3n) is 5.16. The van der Waals surface area contributed by atoms with Gasteiger partial charge in [0.05, 0.1) is 0 Å². The Morgan fingerprint density at radius 1 is 1.16 bits per heavy atom. The maximum absolute atomic E-state index is 4.78. The van der Waals surface area contributed by atoms with E-state index in [1.807, 2.05) is 6.20 Å². The van der Waals surface area contributed by atoms with Crippen molar-refractivity contribution in [1.82, 2.24) is 14.9 Å². The Labute approximate surface area is 152 Å². The third-order valence-corrected chi connectivity index (χ3v) is 5.16. The molecule has 3 rings (SSSR count). The Balaban J connectivity index is 1.50. The van der Waals surface area contributed by atoms with Gasteiger partial charge in [0.15, 0.2) is 0 Å². The van der Waals surface area contributed by atoms with Gasteiger partial charge in [-0.05, 0) is 31.7 Å². The highest BCUT2D eigenvalue weighted by atomic mass is 15.3. The summed E-state index contributed by atoms with van der Waals surface area (Å²) in [6.07, 6.45) is 15.3. The van der Waals surface area contributed by atoms with Crippen molar-refractivity contribution in [3.05, 3.63) is 24.4 Å². The van der Waals surface area contributed by atoms with Gasteiger partial charge in [0.25, 0.3) is 0 Å². The van der Waals surface area contributed by atoms with Crippen LogP contribution in [-0.2, 0) is 0 Å². The zero-order chi connectivity index (χ0) is 17.3. The molecule has 0 radical (unpaired) electrons. The van der Waals surface area contributed by atoms with Crippen molar-refractivity contribution < 1.29 is 0 Å². The maximum atomic E-state index is 4.78. The summed E-state index contributed by atoms with van der Waals surface area (Å²) in [7, 11) is 0. The molecule has 0 amide bonds. The van der Waals surface area contributed by atoms with Crippen LogP contribution in [0.4, 0.5) is 11.8 Å². The second-order valence-electron chi connectivity index (χ2n) is 7.29. The van der Waals surface area contributed by atoms with Gasteiger partial charge in [-0.15, -0.1) is 0 Å². The lowest BCUT2D eigenvalue weighted by molar-refractivity contribution is 0.373. The third kappa shape index (κ3) is 5.70. The summed E-state index contributed by atoms with van der Waals surface area (Å²) in [5, 5.41) is 3.55. The average Bonchev–Trinajstić information content (AvgIpc) is 2.90. The lowest BCUT2D eigenvalue weighted by atomic mass is 10.2. The minimum atomic E-state index is 0.457. The number of hydrogen-bond donors (Lipinski definition) is 1. The molecule has 2 saturated heterocycles. The van der Waals surface area contributed by atoms with Crippen LogP contribution < -0.4 is 10.2 Å². The normalized spacial score (nSPS) is 22.4. The quantitative estimate of drug-likeness (QED) is 0.765. The molecular formula is C20H33N5. The number of nitrogens with one attached hydrogen (secondary N) is 1. The standard InChI is InChI=1S/C20H33N5/c1-2-3-4-7-13-24-16-11-18(17-24)22-20-21-12-10-19(23-20)25-14-8-5-6-9-15-25/h4,7,10,12,18H,2-3,5-6,8-9,11,13-17H2,1H3,(H,21,22,23)/b7-4+. The first kappa shape index (κ1) is 18.2. The molecule has 2 fully saturated rings. The van der Waals surface area contributed by atoms with Gasteiger partial charge < -0.3 is 10.2 Å². The van der Waals surface area contributed by atoms with E-state index < -0.39 is 0 Å². The minimum Gasteiger partial charge on any atom is -0.356 e. The molecule has 1 N–H and O–H groups in total. The van der Waals surface area contributed by atoms with Crippen molar-refractivity contribution in [1.29, 1.82) is 0 Å². The fourth-order valence-electron chi connectivity index (χ4n) is 3.70. The van der Waals surface area contributed by atoms with Crippen molar-refractivity contribution in [2.24, 2.45) is 0 Å². The molecule has 0 bridgehead atoms. The number of allylic oxidation sites excluding steroid dienone is 1. The zero-order valence-electron chi connectivity index (χ0n) is 15.7. The van der Waals surface area contributed by atoms with E-state index in [0.717, 1.165) is 44.5 Å². The molecule has 138 valence electrons. The van der Waals surface area contributed by atoms with Crippen molar-refractivity contribution >= 4 is 11.8 Å². The maximum Gasteiger partial charge on any atom is 0.224 e. The molecule has 0 aliphatic carbocycles. The SMILES string of the molecule is CCC/C=C/CN1CCC(Nc2nccc(N3CCCCCC3)n2)C1. The number of hydrogen-bond acceptors (Lipinski definition) is 5. The Hall–Kier alpha value is -1.62. The van der Waals surface area contributed by atoms with Gasteiger partial charge >= 0.3 is 0 Å². The highest BCUT2D eigenvalue weighted by Gasteiger charge is 2.22. The minimum absolute atomic E-state index is 0.457. The molecule has 1 atom stereocenters. The lowest BCUT2D eigenvalue weighted by Gasteiger charge is -2.22. The summed E-state index contributed by atoms with van der Waals surface area (Å²) in [4.78, 5) is 14.2. The van der Waals surface area contributed by atoms with Crippen molar-refractivity contribution in [3.63, 3.8) is 0 Å². The van der Waals surface area contributed by atoms with Crippen LogP contribution in [0.25, 0.3) is 0 Å². The Morgan fingerprint density at radius 3 is 2.80 bits per heavy atom. The highest BCUT2D eigenvalue weighted by Crippen LogP contribution is 2.19. The highest BCUT2D eigenvalue weighted by molar-refractivity contribution is 5.43. The van der Waals surface area contributed by atoms with Gasteiger partial charge in [-0.2, -0.15) is 4.98 Å². The number of unbranched alkanes of at least 4 members (excludes halogenated alkanes) is 1. The molecule has 1 aromatic rings. The number of aromatic nitrogens is 2. The second kappa shape index (κ2) is 9.76. The number of anilines is 2. The summed E-state index contributed by atoms with van der Waals surface area (Å²) in [5.41, 5.74) is 0. The molecule has 25 heavy (non-hydrogen) atoms. The largest absolute Gasteiger partial charge is 0.356 e. The summed E-state index contributed by atoms with van der Waals surface area (Å²) in [6, 6.07) is 2.51. The molecule has 3 heterocycles. The average molecular weight is 344 g/mol. The van der Waals surface area contributed by atoms with Gasteiger partial charge in [0.2, 0.25) is 5.95 Å². The van der Waals surface area contributed by atoms with Crippen LogP contribution in [0.5, 0.6) is 0 Å². The predicted octanol–water partition coefficient (Wildman–Crippen LogP) is 3.70. The first-order valence-electron chi connectivity index (χ1n) is 10.1. The molecule has 1 aromatic heterocycles. The fourth-order valence-corrected chi connectivity index (χ4v) is 3.70. The van der Waals surface area contributed by atoms with Crippen LogP contribution in [0.3, 0.4) is 0 Å². The molecule has 2 aliphatic rings. The Kier molecular flexibility index (Phi) is 7.10. The molecule has 0 aromatic carbocycles. The first-order valence-corrected chi connectivity index (χ1v) is 10.1. The van der Waals surface area contributed by atoms with Crippen LogP contribution in [0.1, 0.15) is 51.9 Å². The molecule has 2 aliphatic heterocycles. The van der Waals surface area contributed by atoms with E-state index in [-0.39, 0.29) is 0 Å². The zero-order valence-corrected chi connectivity index (χ0v) is 15.7.